The number of fused-ring (bicyclic) bond motifs is 1. The summed E-state index contributed by atoms with van der Waals surface area (Å²) >= 11 is 0. The van der Waals surface area contributed by atoms with Gasteiger partial charge in [0.15, 0.2) is 0 Å². The molecule has 1 saturated heterocycles. The van der Waals surface area contributed by atoms with Crippen LogP contribution >= 0.6 is 0 Å². The Bertz CT molecular complexity index is 1340. The Labute approximate surface area is 183 Å². The summed E-state index contributed by atoms with van der Waals surface area (Å²) < 4.78 is 1.63. The second-order valence-electron chi connectivity index (χ2n) is 8.15. The van der Waals surface area contributed by atoms with Crippen molar-refractivity contribution in [3.8, 4) is 0 Å². The standard InChI is InChI=1S/C22H24N6O4/c1-11-15(19(30)24-18-17(11)12(2)27-28(18)4)8-9-16(29)23-14-7-5-6-13(10-14)22(3)20(31)25-21(32)26-22/h5-7,10H,8-9H2,1-4H3,(H,23,29)(H,24,30)(H2,25,26,31,32). The molecule has 10 nitrogen and oxygen atoms in total. The van der Waals surface area contributed by atoms with Gasteiger partial charge in [-0.1, -0.05) is 12.1 Å². The Balaban J connectivity index is 1.50. The summed E-state index contributed by atoms with van der Waals surface area (Å²) in [6.45, 7) is 5.34. The molecule has 1 aliphatic rings. The lowest BCUT2D eigenvalue weighted by Gasteiger charge is -2.21. The number of imide groups is 1. The fraction of sp³-hybridized carbons (Fsp3) is 0.318. The maximum absolute atomic E-state index is 12.6. The van der Waals surface area contributed by atoms with Gasteiger partial charge >= 0.3 is 6.03 Å². The number of anilines is 1. The largest absolute Gasteiger partial charge is 0.326 e. The zero-order chi connectivity index (χ0) is 23.2. The van der Waals surface area contributed by atoms with Gasteiger partial charge in [-0.2, -0.15) is 5.10 Å². The van der Waals surface area contributed by atoms with Crippen LogP contribution in [0, 0.1) is 13.8 Å². The van der Waals surface area contributed by atoms with Crippen molar-refractivity contribution >= 4 is 34.6 Å². The summed E-state index contributed by atoms with van der Waals surface area (Å²) in [5.41, 5.74) is 2.44. The van der Waals surface area contributed by atoms with Crippen molar-refractivity contribution in [1.29, 1.82) is 0 Å². The van der Waals surface area contributed by atoms with Crippen molar-refractivity contribution in [2.45, 2.75) is 39.2 Å². The van der Waals surface area contributed by atoms with Gasteiger partial charge in [-0.15, -0.1) is 0 Å². The highest BCUT2D eigenvalue weighted by molar-refractivity contribution is 6.07. The number of carbonyl (C=O) groups excluding carboxylic acids is 3. The number of aryl methyl sites for hydroxylation is 3. The number of H-pyrrole nitrogens is 1. The van der Waals surface area contributed by atoms with Crippen LogP contribution in [0.4, 0.5) is 10.5 Å². The lowest BCUT2D eigenvalue weighted by molar-refractivity contribution is -0.123. The molecule has 1 aromatic carbocycles. The van der Waals surface area contributed by atoms with E-state index in [9.17, 15) is 19.2 Å². The molecule has 1 atom stereocenters. The molecule has 0 saturated carbocycles. The highest BCUT2D eigenvalue weighted by Gasteiger charge is 2.43. The molecule has 2 aromatic heterocycles. The Hall–Kier alpha value is -3.95. The fourth-order valence-corrected chi connectivity index (χ4v) is 4.17. The Morgan fingerprint density at radius 1 is 1.22 bits per heavy atom. The molecule has 0 spiro atoms. The molecule has 3 heterocycles. The van der Waals surface area contributed by atoms with Gasteiger partial charge in [0.2, 0.25) is 5.91 Å². The summed E-state index contributed by atoms with van der Waals surface area (Å²) in [7, 11) is 1.77. The molecule has 4 N–H and O–H groups in total. The number of carbonyl (C=O) groups is 3. The monoisotopic (exact) mass is 436 g/mol. The summed E-state index contributed by atoms with van der Waals surface area (Å²) in [6.07, 6.45) is 0.376. The third-order valence-corrected chi connectivity index (χ3v) is 5.93. The van der Waals surface area contributed by atoms with Crippen LogP contribution in [0.1, 0.15) is 35.7 Å². The molecule has 3 aromatic rings. The minimum atomic E-state index is -1.21. The number of urea groups is 1. The zero-order valence-electron chi connectivity index (χ0n) is 18.3. The third-order valence-electron chi connectivity index (χ3n) is 5.93. The molecule has 32 heavy (non-hydrogen) atoms. The number of nitrogens with zero attached hydrogens (tertiary/aromatic N) is 2. The molecule has 166 valence electrons. The first-order chi connectivity index (χ1) is 15.1. The minimum absolute atomic E-state index is 0.105. The van der Waals surface area contributed by atoms with E-state index >= 15 is 0 Å². The highest BCUT2D eigenvalue weighted by Crippen LogP contribution is 2.27. The van der Waals surface area contributed by atoms with Gasteiger partial charge in [0, 0.05) is 30.1 Å². The van der Waals surface area contributed by atoms with Crippen LogP contribution in [0.5, 0.6) is 0 Å². The van der Waals surface area contributed by atoms with Crippen LogP contribution in [0.2, 0.25) is 0 Å². The average Bonchev–Trinajstić information content (AvgIpc) is 3.15. The third kappa shape index (κ3) is 3.53. The van der Waals surface area contributed by atoms with E-state index in [1.54, 1.807) is 42.9 Å². The number of hydrogen-bond donors (Lipinski definition) is 4. The molecule has 4 amide bonds. The van der Waals surface area contributed by atoms with E-state index in [4.69, 9.17) is 0 Å². The number of aromatic amines is 1. The lowest BCUT2D eigenvalue weighted by atomic mass is 9.92. The van der Waals surface area contributed by atoms with Gasteiger partial charge in [-0.05, 0) is 50.5 Å². The first kappa shape index (κ1) is 21.3. The SMILES string of the molecule is Cc1nn(C)c2[nH]c(=O)c(CCC(=O)Nc3cccc(C4(C)NC(=O)NC4=O)c3)c(C)c12. The number of aromatic nitrogens is 3. The van der Waals surface area contributed by atoms with Gasteiger partial charge in [0.1, 0.15) is 11.2 Å². The first-order valence-electron chi connectivity index (χ1n) is 10.2. The maximum Gasteiger partial charge on any atom is 0.322 e. The topological polar surface area (TPSA) is 138 Å². The van der Waals surface area contributed by atoms with Gasteiger partial charge in [0.05, 0.1) is 5.69 Å². The van der Waals surface area contributed by atoms with Crippen molar-refractivity contribution in [3.05, 3.63) is 57.0 Å². The van der Waals surface area contributed by atoms with Crippen molar-refractivity contribution in [3.63, 3.8) is 0 Å². The molecule has 10 heteroatoms. The van der Waals surface area contributed by atoms with E-state index in [1.807, 2.05) is 13.8 Å². The van der Waals surface area contributed by atoms with E-state index in [0.717, 1.165) is 16.6 Å². The summed E-state index contributed by atoms with van der Waals surface area (Å²) in [5, 5.41) is 12.9. The van der Waals surface area contributed by atoms with Crippen LogP contribution in [0.3, 0.4) is 0 Å². The minimum Gasteiger partial charge on any atom is -0.326 e. The van der Waals surface area contributed by atoms with Gasteiger partial charge in [-0.25, -0.2) is 4.79 Å². The molecule has 0 radical (unpaired) electrons. The van der Waals surface area contributed by atoms with E-state index in [2.05, 4.69) is 26.0 Å². The molecule has 1 aliphatic heterocycles. The van der Waals surface area contributed by atoms with E-state index < -0.39 is 17.5 Å². The molecule has 0 aliphatic carbocycles. The van der Waals surface area contributed by atoms with E-state index in [0.29, 0.717) is 22.5 Å². The fourth-order valence-electron chi connectivity index (χ4n) is 4.17. The lowest BCUT2D eigenvalue weighted by Crippen LogP contribution is -2.40. The second kappa shape index (κ2) is 7.63. The van der Waals surface area contributed by atoms with Crippen molar-refractivity contribution < 1.29 is 14.4 Å². The first-order valence-corrected chi connectivity index (χ1v) is 10.2. The summed E-state index contributed by atoms with van der Waals surface area (Å²) in [6, 6.07) is 6.18. The Kier molecular flexibility index (Phi) is 5.08. The normalized spacial score (nSPS) is 18.0. The predicted octanol–water partition coefficient (Wildman–Crippen LogP) is 1.50. The average molecular weight is 436 g/mol. The van der Waals surface area contributed by atoms with Crippen molar-refractivity contribution in [2.24, 2.45) is 7.05 Å². The van der Waals surface area contributed by atoms with Crippen LogP contribution in [0.25, 0.3) is 11.0 Å². The number of pyridine rings is 1. The van der Waals surface area contributed by atoms with Gasteiger partial charge < -0.3 is 15.6 Å². The predicted molar refractivity (Wildman–Crippen MR) is 118 cm³/mol. The van der Waals surface area contributed by atoms with Crippen molar-refractivity contribution in [1.82, 2.24) is 25.4 Å². The number of amides is 4. The number of benzene rings is 1. The highest BCUT2D eigenvalue weighted by atomic mass is 16.2. The van der Waals surface area contributed by atoms with Crippen LogP contribution < -0.4 is 21.5 Å². The van der Waals surface area contributed by atoms with Crippen LogP contribution in [0.15, 0.2) is 29.1 Å². The van der Waals surface area contributed by atoms with Crippen molar-refractivity contribution in [2.75, 3.05) is 5.32 Å². The van der Waals surface area contributed by atoms with Crippen LogP contribution in [-0.4, -0.2) is 32.6 Å². The smallest absolute Gasteiger partial charge is 0.322 e. The quantitative estimate of drug-likeness (QED) is 0.449. The Morgan fingerprint density at radius 3 is 2.66 bits per heavy atom. The molecular formula is C22H24N6O4. The molecule has 1 fully saturated rings. The molecule has 1 unspecified atom stereocenters. The Morgan fingerprint density at radius 2 is 1.97 bits per heavy atom. The molecule has 0 bridgehead atoms. The zero-order valence-corrected chi connectivity index (χ0v) is 18.3. The maximum atomic E-state index is 12.6. The van der Waals surface area contributed by atoms with E-state index in [1.165, 1.54) is 0 Å². The number of nitrogens with one attached hydrogen (secondary N) is 4. The van der Waals surface area contributed by atoms with Crippen LogP contribution in [-0.2, 0) is 28.6 Å². The molecule has 4 rings (SSSR count). The van der Waals surface area contributed by atoms with E-state index in [-0.39, 0.29) is 24.3 Å². The van der Waals surface area contributed by atoms with Gasteiger partial charge in [-0.3, -0.25) is 24.4 Å². The summed E-state index contributed by atoms with van der Waals surface area (Å²) in [5.74, 6) is -0.726. The number of hydrogen-bond acceptors (Lipinski definition) is 5. The van der Waals surface area contributed by atoms with Gasteiger partial charge in [0.25, 0.3) is 11.5 Å². The number of rotatable bonds is 5. The molecular weight excluding hydrogens is 412 g/mol. The summed E-state index contributed by atoms with van der Waals surface area (Å²) in [4.78, 5) is 51.7. The second-order valence-corrected chi connectivity index (χ2v) is 8.15.